The normalized spacial score (nSPS) is 10.8. The molecule has 0 aliphatic rings. The van der Waals surface area contributed by atoms with Gasteiger partial charge >= 0.3 is 11.8 Å². The van der Waals surface area contributed by atoms with E-state index in [2.05, 4.69) is 26.0 Å². The van der Waals surface area contributed by atoms with Gasteiger partial charge in [-0.15, -0.1) is 0 Å². The van der Waals surface area contributed by atoms with Crippen LogP contribution in [-0.2, 0) is 22.6 Å². The van der Waals surface area contributed by atoms with Gasteiger partial charge in [-0.1, -0.05) is 30.3 Å². The summed E-state index contributed by atoms with van der Waals surface area (Å²) in [6.45, 7) is 4.95. The number of amides is 3. The van der Waals surface area contributed by atoms with Crippen LogP contribution >= 0.6 is 0 Å². The molecule has 0 aliphatic carbocycles. The number of fused-ring (bicyclic) bond motifs is 1. The molecule has 2 aromatic carbocycles. The maximum absolute atomic E-state index is 12.8. The monoisotopic (exact) mass is 472 g/mol. The van der Waals surface area contributed by atoms with Crippen molar-refractivity contribution in [2.75, 3.05) is 18.4 Å². The zero-order valence-electron chi connectivity index (χ0n) is 19.7. The Morgan fingerprint density at radius 1 is 0.943 bits per heavy atom. The minimum absolute atomic E-state index is 0.254. The van der Waals surface area contributed by atoms with Gasteiger partial charge < -0.3 is 20.9 Å². The number of aromatic amines is 1. The summed E-state index contributed by atoms with van der Waals surface area (Å²) in [5, 5.41) is 13.5. The predicted octanol–water partition coefficient (Wildman–Crippen LogP) is 2.71. The van der Waals surface area contributed by atoms with E-state index in [1.807, 2.05) is 50.4 Å². The van der Waals surface area contributed by atoms with Crippen molar-refractivity contribution in [3.63, 3.8) is 0 Å². The van der Waals surface area contributed by atoms with Crippen molar-refractivity contribution >= 4 is 34.3 Å². The van der Waals surface area contributed by atoms with Gasteiger partial charge in [0.1, 0.15) is 0 Å². The number of aromatic nitrogens is 3. The fraction of sp³-hybridized carbons (Fsp3) is 0.231. The second-order valence-corrected chi connectivity index (χ2v) is 8.27. The van der Waals surface area contributed by atoms with Gasteiger partial charge in [-0.3, -0.25) is 19.1 Å². The fourth-order valence-corrected chi connectivity index (χ4v) is 3.97. The molecule has 0 unspecified atom stereocenters. The zero-order chi connectivity index (χ0) is 24.8. The topological polar surface area (TPSA) is 121 Å². The van der Waals surface area contributed by atoms with Crippen molar-refractivity contribution in [2.24, 2.45) is 0 Å². The van der Waals surface area contributed by atoms with Crippen LogP contribution in [0.3, 0.4) is 0 Å². The molecule has 0 spiro atoms. The minimum atomic E-state index is -0.836. The van der Waals surface area contributed by atoms with Crippen molar-refractivity contribution in [2.45, 2.75) is 26.8 Å². The van der Waals surface area contributed by atoms with E-state index in [4.69, 9.17) is 0 Å². The first-order chi connectivity index (χ1) is 16.9. The van der Waals surface area contributed by atoms with Gasteiger partial charge in [0.25, 0.3) is 5.91 Å². The Hall–Kier alpha value is -4.40. The van der Waals surface area contributed by atoms with E-state index < -0.39 is 11.8 Å². The molecule has 0 fully saturated rings. The Morgan fingerprint density at radius 2 is 1.71 bits per heavy atom. The molecule has 3 amide bonds. The van der Waals surface area contributed by atoms with E-state index in [-0.39, 0.29) is 23.7 Å². The number of carbonyl (C=O) groups excluding carboxylic acids is 3. The number of rotatable bonds is 8. The van der Waals surface area contributed by atoms with Crippen LogP contribution in [0.15, 0.2) is 60.8 Å². The van der Waals surface area contributed by atoms with Crippen LogP contribution < -0.4 is 16.0 Å². The maximum Gasteiger partial charge on any atom is 0.313 e. The molecule has 0 atom stereocenters. The third kappa shape index (κ3) is 5.75. The lowest BCUT2D eigenvalue weighted by atomic mass is 10.1. The number of hydrogen-bond donors (Lipinski definition) is 4. The number of hydrogen-bond acceptors (Lipinski definition) is 4. The molecule has 2 aromatic heterocycles. The van der Waals surface area contributed by atoms with E-state index in [0.29, 0.717) is 19.5 Å². The van der Waals surface area contributed by atoms with Crippen LogP contribution in [0.2, 0.25) is 0 Å². The number of para-hydroxylation sites is 2. The van der Waals surface area contributed by atoms with Crippen LogP contribution in [0.4, 0.5) is 5.69 Å². The molecule has 0 aliphatic heterocycles. The van der Waals surface area contributed by atoms with Gasteiger partial charge in [-0.05, 0) is 50.1 Å². The van der Waals surface area contributed by atoms with Crippen molar-refractivity contribution in [1.82, 2.24) is 25.4 Å². The minimum Gasteiger partial charge on any atom is -0.361 e. The Kier molecular flexibility index (Phi) is 7.25. The van der Waals surface area contributed by atoms with Crippen LogP contribution in [0.25, 0.3) is 10.9 Å². The van der Waals surface area contributed by atoms with Gasteiger partial charge in [0, 0.05) is 35.9 Å². The molecule has 9 heteroatoms. The number of H-pyrrole nitrogens is 1. The Bertz CT molecular complexity index is 1370. The summed E-state index contributed by atoms with van der Waals surface area (Å²) < 4.78 is 1.77. The number of aryl methyl sites for hydroxylation is 2. The standard InChI is InChI=1S/C26H28N6O3/c1-17-15-18(2)32(31-17)14-13-28-25(34)26(35)30-23-10-6-4-8-21(23)24(33)27-12-11-19-16-29-22-9-5-3-7-20(19)22/h3-10,15-16,29H,11-14H2,1-2H3,(H,27,33)(H,28,34)(H,30,35). The summed E-state index contributed by atoms with van der Waals surface area (Å²) >= 11 is 0. The molecule has 180 valence electrons. The highest BCUT2D eigenvalue weighted by Crippen LogP contribution is 2.18. The number of anilines is 1. The average Bonchev–Trinajstić information content (AvgIpc) is 3.41. The quantitative estimate of drug-likeness (QED) is 0.295. The van der Waals surface area contributed by atoms with Crippen molar-refractivity contribution in [3.05, 3.63) is 83.3 Å². The van der Waals surface area contributed by atoms with E-state index >= 15 is 0 Å². The smallest absolute Gasteiger partial charge is 0.313 e. The second kappa shape index (κ2) is 10.7. The highest BCUT2D eigenvalue weighted by molar-refractivity contribution is 6.40. The lowest BCUT2D eigenvalue weighted by molar-refractivity contribution is -0.136. The lowest BCUT2D eigenvalue weighted by Crippen LogP contribution is -2.37. The van der Waals surface area contributed by atoms with E-state index in [1.165, 1.54) is 0 Å². The summed E-state index contributed by atoms with van der Waals surface area (Å²) in [6.07, 6.45) is 2.60. The molecule has 0 radical (unpaired) electrons. The molecule has 4 rings (SSSR count). The van der Waals surface area contributed by atoms with E-state index in [9.17, 15) is 14.4 Å². The van der Waals surface area contributed by atoms with Crippen molar-refractivity contribution in [1.29, 1.82) is 0 Å². The van der Waals surface area contributed by atoms with Gasteiger partial charge in [-0.25, -0.2) is 0 Å². The third-order valence-electron chi connectivity index (χ3n) is 5.69. The third-order valence-corrected chi connectivity index (χ3v) is 5.69. The number of nitrogens with zero attached hydrogens (tertiary/aromatic N) is 2. The van der Waals surface area contributed by atoms with Crippen LogP contribution in [-0.4, -0.2) is 45.6 Å². The Labute approximate surface area is 202 Å². The zero-order valence-corrected chi connectivity index (χ0v) is 19.7. The molecule has 9 nitrogen and oxygen atoms in total. The van der Waals surface area contributed by atoms with E-state index in [0.717, 1.165) is 27.9 Å². The molecular weight excluding hydrogens is 444 g/mol. The van der Waals surface area contributed by atoms with Crippen LogP contribution in [0, 0.1) is 13.8 Å². The molecule has 4 N–H and O–H groups in total. The lowest BCUT2D eigenvalue weighted by Gasteiger charge is -2.12. The Morgan fingerprint density at radius 3 is 2.51 bits per heavy atom. The summed E-state index contributed by atoms with van der Waals surface area (Å²) in [6, 6.07) is 16.5. The van der Waals surface area contributed by atoms with Crippen molar-refractivity contribution < 1.29 is 14.4 Å². The molecule has 4 aromatic rings. The van der Waals surface area contributed by atoms with E-state index in [1.54, 1.807) is 28.9 Å². The first-order valence-corrected chi connectivity index (χ1v) is 11.4. The molecule has 35 heavy (non-hydrogen) atoms. The number of nitrogens with one attached hydrogen (secondary N) is 4. The maximum atomic E-state index is 12.8. The highest BCUT2D eigenvalue weighted by Gasteiger charge is 2.18. The predicted molar refractivity (Wildman–Crippen MR) is 134 cm³/mol. The number of carbonyl (C=O) groups is 3. The van der Waals surface area contributed by atoms with Gasteiger partial charge in [0.05, 0.1) is 23.5 Å². The summed E-state index contributed by atoms with van der Waals surface area (Å²) in [4.78, 5) is 40.7. The molecular formula is C26H28N6O3. The summed E-state index contributed by atoms with van der Waals surface area (Å²) in [5.74, 6) is -1.94. The highest BCUT2D eigenvalue weighted by atomic mass is 16.2. The SMILES string of the molecule is Cc1cc(C)n(CCNC(=O)C(=O)Nc2ccccc2C(=O)NCCc2c[nH]c3ccccc23)n1. The number of benzene rings is 2. The molecule has 0 bridgehead atoms. The van der Waals surface area contributed by atoms with Crippen LogP contribution in [0.1, 0.15) is 27.3 Å². The fourth-order valence-electron chi connectivity index (χ4n) is 3.97. The summed E-state index contributed by atoms with van der Waals surface area (Å²) in [7, 11) is 0. The molecule has 0 saturated carbocycles. The first kappa shape index (κ1) is 23.7. The summed E-state index contributed by atoms with van der Waals surface area (Å²) in [5.41, 5.74) is 4.59. The van der Waals surface area contributed by atoms with Gasteiger partial charge in [0.2, 0.25) is 0 Å². The van der Waals surface area contributed by atoms with Gasteiger partial charge in [-0.2, -0.15) is 5.10 Å². The largest absolute Gasteiger partial charge is 0.361 e. The van der Waals surface area contributed by atoms with Crippen LogP contribution in [0.5, 0.6) is 0 Å². The second-order valence-electron chi connectivity index (χ2n) is 8.27. The van der Waals surface area contributed by atoms with Crippen molar-refractivity contribution in [3.8, 4) is 0 Å². The average molecular weight is 473 g/mol. The molecule has 0 saturated heterocycles. The van der Waals surface area contributed by atoms with Gasteiger partial charge in [0.15, 0.2) is 0 Å². The Balaban J connectivity index is 1.30. The molecule has 2 heterocycles. The first-order valence-electron chi connectivity index (χ1n) is 11.4.